The van der Waals surface area contributed by atoms with Gasteiger partial charge in [0.25, 0.3) is 0 Å². The quantitative estimate of drug-likeness (QED) is 0.619. The number of ether oxygens (including phenoxy) is 1. The second-order valence-electron chi connectivity index (χ2n) is 7.29. The standard InChI is InChI=1S/C24H19F2NO4/c25-16-10-9-15(22(26)11-16)12-27(13-23(28)29)24(30)31-14-21-19-7-3-1-5-17(19)18-6-2-4-8-20(18)21/h1-11,21H,12-14H2,(H,28,29). The SMILES string of the molecule is O=C(O)CN(Cc1ccc(F)cc1F)C(=O)OCC1c2ccccc2-c2ccccc21. The van der Waals surface area contributed by atoms with Crippen LogP contribution in [0.1, 0.15) is 22.6 Å². The summed E-state index contributed by atoms with van der Waals surface area (Å²) in [5.41, 5.74) is 4.16. The van der Waals surface area contributed by atoms with Crippen molar-refractivity contribution in [3.63, 3.8) is 0 Å². The van der Waals surface area contributed by atoms with E-state index >= 15 is 0 Å². The van der Waals surface area contributed by atoms with Gasteiger partial charge in [-0.15, -0.1) is 0 Å². The molecule has 0 saturated carbocycles. The summed E-state index contributed by atoms with van der Waals surface area (Å²) in [7, 11) is 0. The van der Waals surface area contributed by atoms with Crippen LogP contribution in [0.5, 0.6) is 0 Å². The zero-order chi connectivity index (χ0) is 22.0. The monoisotopic (exact) mass is 423 g/mol. The largest absolute Gasteiger partial charge is 0.480 e. The highest BCUT2D eigenvalue weighted by Gasteiger charge is 2.30. The molecule has 1 amide bonds. The first kappa shape index (κ1) is 20.5. The molecule has 158 valence electrons. The van der Waals surface area contributed by atoms with Crippen LogP contribution in [0.3, 0.4) is 0 Å². The molecule has 1 aliphatic carbocycles. The maximum Gasteiger partial charge on any atom is 0.410 e. The Bertz CT molecular complexity index is 1100. The van der Waals surface area contributed by atoms with Crippen LogP contribution in [0.25, 0.3) is 11.1 Å². The number of amides is 1. The third-order valence-electron chi connectivity index (χ3n) is 5.30. The van der Waals surface area contributed by atoms with Gasteiger partial charge >= 0.3 is 12.1 Å². The topological polar surface area (TPSA) is 66.8 Å². The van der Waals surface area contributed by atoms with E-state index in [1.165, 1.54) is 6.07 Å². The van der Waals surface area contributed by atoms with Gasteiger partial charge in [0.15, 0.2) is 0 Å². The zero-order valence-electron chi connectivity index (χ0n) is 16.4. The van der Waals surface area contributed by atoms with Gasteiger partial charge < -0.3 is 9.84 Å². The molecule has 1 aliphatic rings. The summed E-state index contributed by atoms with van der Waals surface area (Å²) in [6, 6.07) is 18.6. The number of fused-ring (bicyclic) bond motifs is 3. The molecule has 0 heterocycles. The Morgan fingerprint density at radius 3 is 2.13 bits per heavy atom. The van der Waals surface area contributed by atoms with Crippen molar-refractivity contribution >= 4 is 12.1 Å². The van der Waals surface area contributed by atoms with Crippen LogP contribution < -0.4 is 0 Å². The summed E-state index contributed by atoms with van der Waals surface area (Å²) in [6.45, 7) is -1.02. The number of carbonyl (C=O) groups is 2. The fraction of sp³-hybridized carbons (Fsp3) is 0.167. The van der Waals surface area contributed by atoms with E-state index in [0.29, 0.717) is 6.07 Å². The number of rotatable bonds is 6. The third kappa shape index (κ3) is 4.26. The lowest BCUT2D eigenvalue weighted by Crippen LogP contribution is -2.36. The van der Waals surface area contributed by atoms with Crippen molar-refractivity contribution in [3.8, 4) is 11.1 Å². The highest BCUT2D eigenvalue weighted by atomic mass is 19.1. The Hall–Kier alpha value is -3.74. The van der Waals surface area contributed by atoms with E-state index in [9.17, 15) is 18.4 Å². The minimum atomic E-state index is -1.27. The first-order valence-corrected chi connectivity index (χ1v) is 9.69. The normalized spacial score (nSPS) is 12.2. The van der Waals surface area contributed by atoms with Crippen LogP contribution in [0.4, 0.5) is 13.6 Å². The van der Waals surface area contributed by atoms with Crippen LogP contribution in [0.2, 0.25) is 0 Å². The Morgan fingerprint density at radius 2 is 1.55 bits per heavy atom. The Balaban J connectivity index is 1.52. The number of carbonyl (C=O) groups excluding carboxylic acids is 1. The zero-order valence-corrected chi connectivity index (χ0v) is 16.4. The average Bonchev–Trinajstić information content (AvgIpc) is 3.07. The van der Waals surface area contributed by atoms with Crippen LogP contribution >= 0.6 is 0 Å². The van der Waals surface area contributed by atoms with Gasteiger partial charge in [0, 0.05) is 17.5 Å². The van der Waals surface area contributed by atoms with Gasteiger partial charge in [-0.05, 0) is 28.3 Å². The van der Waals surface area contributed by atoms with Gasteiger partial charge in [0.1, 0.15) is 24.8 Å². The maximum atomic E-state index is 14.0. The van der Waals surface area contributed by atoms with Gasteiger partial charge in [0.05, 0.1) is 6.54 Å². The van der Waals surface area contributed by atoms with Crippen molar-refractivity contribution in [2.75, 3.05) is 13.2 Å². The lowest BCUT2D eigenvalue weighted by Gasteiger charge is -2.22. The highest BCUT2D eigenvalue weighted by Crippen LogP contribution is 2.44. The first-order valence-electron chi connectivity index (χ1n) is 9.69. The Morgan fingerprint density at radius 1 is 0.935 bits per heavy atom. The van der Waals surface area contributed by atoms with Crippen LogP contribution in [-0.2, 0) is 16.1 Å². The van der Waals surface area contributed by atoms with E-state index in [1.54, 1.807) is 0 Å². The number of aliphatic carboxylic acids is 1. The van der Waals surface area contributed by atoms with Crippen LogP contribution in [0, 0.1) is 11.6 Å². The van der Waals surface area contributed by atoms with E-state index in [2.05, 4.69) is 0 Å². The van der Waals surface area contributed by atoms with E-state index < -0.39 is 30.2 Å². The number of carboxylic acids is 1. The van der Waals surface area contributed by atoms with Crippen LogP contribution in [-0.4, -0.2) is 35.2 Å². The number of hydrogen-bond acceptors (Lipinski definition) is 3. The maximum absolute atomic E-state index is 14.0. The van der Waals surface area contributed by atoms with E-state index in [0.717, 1.165) is 33.2 Å². The summed E-state index contributed by atoms with van der Waals surface area (Å²) in [5, 5.41) is 9.16. The smallest absolute Gasteiger partial charge is 0.410 e. The Kier molecular flexibility index (Phi) is 5.66. The molecule has 0 saturated heterocycles. The lowest BCUT2D eigenvalue weighted by molar-refractivity contribution is -0.138. The van der Waals surface area contributed by atoms with Crippen molar-refractivity contribution in [1.29, 1.82) is 0 Å². The molecule has 0 bridgehead atoms. The minimum absolute atomic E-state index is 0.00356. The lowest BCUT2D eigenvalue weighted by atomic mass is 9.98. The van der Waals surface area contributed by atoms with Gasteiger partial charge in [-0.25, -0.2) is 13.6 Å². The van der Waals surface area contributed by atoms with E-state index in [-0.39, 0.29) is 24.6 Å². The number of benzene rings is 3. The molecule has 7 heteroatoms. The predicted octanol–water partition coefficient (Wildman–Crippen LogP) is 4.80. The van der Waals surface area contributed by atoms with Gasteiger partial charge in [0.2, 0.25) is 0 Å². The summed E-state index contributed by atoms with van der Waals surface area (Å²) in [6.07, 6.45) is -0.881. The molecular formula is C24H19F2NO4. The molecule has 4 rings (SSSR count). The van der Waals surface area contributed by atoms with Crippen molar-refractivity contribution < 1.29 is 28.2 Å². The molecule has 1 N–H and O–H groups in total. The van der Waals surface area contributed by atoms with E-state index in [1.807, 2.05) is 48.5 Å². The number of carboxylic acid groups (broad SMARTS) is 1. The molecule has 0 spiro atoms. The Labute approximate surface area is 177 Å². The molecule has 3 aromatic carbocycles. The number of hydrogen-bond donors (Lipinski definition) is 1. The second-order valence-corrected chi connectivity index (χ2v) is 7.29. The fourth-order valence-corrected chi connectivity index (χ4v) is 3.89. The first-order chi connectivity index (χ1) is 14.9. The third-order valence-corrected chi connectivity index (χ3v) is 5.30. The van der Waals surface area contributed by atoms with Crippen molar-refractivity contribution in [2.24, 2.45) is 0 Å². The van der Waals surface area contributed by atoms with Crippen LogP contribution in [0.15, 0.2) is 66.7 Å². The highest BCUT2D eigenvalue weighted by molar-refractivity contribution is 5.79. The molecule has 31 heavy (non-hydrogen) atoms. The van der Waals surface area contributed by atoms with Crippen molar-refractivity contribution in [2.45, 2.75) is 12.5 Å². The van der Waals surface area contributed by atoms with Gasteiger partial charge in [-0.1, -0.05) is 54.6 Å². The fourth-order valence-electron chi connectivity index (χ4n) is 3.89. The molecule has 5 nitrogen and oxygen atoms in total. The molecule has 0 atom stereocenters. The molecule has 0 fully saturated rings. The average molecular weight is 423 g/mol. The van der Waals surface area contributed by atoms with E-state index in [4.69, 9.17) is 9.84 Å². The molecule has 0 aromatic heterocycles. The van der Waals surface area contributed by atoms with Gasteiger partial charge in [-0.2, -0.15) is 0 Å². The van der Waals surface area contributed by atoms with Crippen molar-refractivity contribution in [1.82, 2.24) is 4.90 Å². The molecule has 3 aromatic rings. The molecule has 0 unspecified atom stereocenters. The molecule has 0 radical (unpaired) electrons. The summed E-state index contributed by atoms with van der Waals surface area (Å²) in [5.74, 6) is -3.07. The second kappa shape index (κ2) is 8.55. The summed E-state index contributed by atoms with van der Waals surface area (Å²) >= 11 is 0. The summed E-state index contributed by atoms with van der Waals surface area (Å²) in [4.78, 5) is 24.8. The molecule has 0 aliphatic heterocycles. The van der Waals surface area contributed by atoms with Gasteiger partial charge in [-0.3, -0.25) is 9.69 Å². The predicted molar refractivity (Wildman–Crippen MR) is 109 cm³/mol. The number of halogens is 2. The molecular weight excluding hydrogens is 404 g/mol. The minimum Gasteiger partial charge on any atom is -0.480 e. The number of nitrogens with zero attached hydrogens (tertiary/aromatic N) is 1. The van der Waals surface area contributed by atoms with Crippen molar-refractivity contribution in [3.05, 3.63) is 95.1 Å². The summed E-state index contributed by atoms with van der Waals surface area (Å²) < 4.78 is 32.6.